The molecule has 2 aromatic carbocycles. The summed E-state index contributed by atoms with van der Waals surface area (Å²) in [6.45, 7) is 3.93. The van der Waals surface area contributed by atoms with Gasteiger partial charge in [-0.1, -0.05) is 48.6 Å². The molecule has 2 bridgehead atoms. The standard InChI is InChI=1S/C31H36F3N3O5/c32-31(33,34)42-28-10-4-2-7-26(28)20-35-19-25-6-1-3-9-27(25)41-15-5-8-24-21-37(30(39)22-35)12-11-23(24)18-29(38)36-13-16-40-17-14-36/h1-10,23-24H,11-22H2/t23-,24-/m0/s1. The first-order valence-electron chi connectivity index (χ1n) is 14.3. The highest BCUT2D eigenvalue weighted by Crippen LogP contribution is 2.31. The fourth-order valence-electron chi connectivity index (χ4n) is 5.84. The highest BCUT2D eigenvalue weighted by atomic mass is 19.4. The van der Waals surface area contributed by atoms with Crippen LogP contribution in [0.2, 0.25) is 0 Å². The van der Waals surface area contributed by atoms with Crippen molar-refractivity contribution in [2.75, 3.05) is 52.5 Å². The molecule has 2 saturated heterocycles. The normalized spacial score (nSPS) is 22.3. The minimum absolute atomic E-state index is 0.00248. The van der Waals surface area contributed by atoms with E-state index in [0.717, 1.165) is 5.56 Å². The van der Waals surface area contributed by atoms with Gasteiger partial charge in [-0.3, -0.25) is 14.5 Å². The second kappa shape index (κ2) is 13.6. The molecule has 0 radical (unpaired) electrons. The first-order valence-corrected chi connectivity index (χ1v) is 14.3. The van der Waals surface area contributed by atoms with Gasteiger partial charge in [0.25, 0.3) is 0 Å². The lowest BCUT2D eigenvalue weighted by molar-refractivity contribution is -0.275. The van der Waals surface area contributed by atoms with Crippen LogP contribution in [0.25, 0.3) is 0 Å². The Hall–Kier alpha value is -3.57. The molecular formula is C31H36F3N3O5. The highest BCUT2D eigenvalue weighted by molar-refractivity contribution is 5.79. The van der Waals surface area contributed by atoms with Crippen LogP contribution in [-0.2, 0) is 27.4 Å². The van der Waals surface area contributed by atoms with Gasteiger partial charge in [-0.15, -0.1) is 13.2 Å². The van der Waals surface area contributed by atoms with Crippen LogP contribution in [0.1, 0.15) is 24.0 Å². The van der Waals surface area contributed by atoms with Gasteiger partial charge in [0.15, 0.2) is 0 Å². The zero-order chi connectivity index (χ0) is 29.5. The van der Waals surface area contributed by atoms with Crippen LogP contribution in [-0.4, -0.2) is 85.4 Å². The number of halogens is 3. The van der Waals surface area contributed by atoms with E-state index >= 15 is 0 Å². The third-order valence-electron chi connectivity index (χ3n) is 8.00. The number of hydrogen-bond acceptors (Lipinski definition) is 6. The quantitative estimate of drug-likeness (QED) is 0.488. The van der Waals surface area contributed by atoms with Crippen molar-refractivity contribution in [2.45, 2.75) is 32.3 Å². The smallest absolute Gasteiger partial charge is 0.489 e. The zero-order valence-electron chi connectivity index (χ0n) is 23.4. The van der Waals surface area contributed by atoms with Crippen LogP contribution in [0, 0.1) is 11.8 Å². The highest BCUT2D eigenvalue weighted by Gasteiger charge is 2.34. The summed E-state index contributed by atoms with van der Waals surface area (Å²) in [5.41, 5.74) is 1.14. The number of benzene rings is 2. The second-order valence-corrected chi connectivity index (χ2v) is 10.9. The summed E-state index contributed by atoms with van der Waals surface area (Å²) in [7, 11) is 0. The number of nitrogens with zero attached hydrogens (tertiary/aromatic N) is 3. The Balaban J connectivity index is 1.37. The minimum Gasteiger partial charge on any atom is -0.489 e. The first-order chi connectivity index (χ1) is 20.2. The largest absolute Gasteiger partial charge is 0.573 e. The van der Waals surface area contributed by atoms with Gasteiger partial charge in [0, 0.05) is 56.8 Å². The van der Waals surface area contributed by atoms with E-state index in [0.29, 0.717) is 76.7 Å². The molecule has 2 aromatic rings. The Kier molecular flexibility index (Phi) is 9.69. The van der Waals surface area contributed by atoms with Crippen LogP contribution < -0.4 is 9.47 Å². The van der Waals surface area contributed by atoms with Gasteiger partial charge in [0.1, 0.15) is 18.1 Å². The van der Waals surface area contributed by atoms with Gasteiger partial charge in [-0.05, 0) is 30.4 Å². The number of para-hydroxylation sites is 2. The molecule has 5 rings (SSSR count). The van der Waals surface area contributed by atoms with E-state index in [1.807, 2.05) is 40.1 Å². The Morgan fingerprint density at radius 2 is 1.76 bits per heavy atom. The Bertz CT molecular complexity index is 1260. The molecular weight excluding hydrogens is 551 g/mol. The number of piperidine rings is 1. The third kappa shape index (κ3) is 8.04. The molecule has 3 aliphatic heterocycles. The fourth-order valence-corrected chi connectivity index (χ4v) is 5.84. The molecule has 0 spiro atoms. The third-order valence-corrected chi connectivity index (χ3v) is 8.00. The molecule has 2 atom stereocenters. The molecule has 2 fully saturated rings. The van der Waals surface area contributed by atoms with Crippen LogP contribution in [0.5, 0.6) is 11.5 Å². The van der Waals surface area contributed by atoms with Gasteiger partial charge in [-0.25, -0.2) is 0 Å². The van der Waals surface area contributed by atoms with Crippen LogP contribution in [0.15, 0.2) is 60.7 Å². The lowest BCUT2D eigenvalue weighted by atomic mass is 9.82. The average molecular weight is 588 g/mol. The summed E-state index contributed by atoms with van der Waals surface area (Å²) in [6, 6.07) is 13.4. The van der Waals surface area contributed by atoms with Crippen LogP contribution in [0.4, 0.5) is 13.2 Å². The molecule has 0 saturated carbocycles. The van der Waals surface area contributed by atoms with Crippen LogP contribution >= 0.6 is 0 Å². The number of amides is 2. The van der Waals surface area contributed by atoms with E-state index in [9.17, 15) is 22.8 Å². The van der Waals surface area contributed by atoms with Crippen molar-refractivity contribution >= 4 is 11.8 Å². The minimum atomic E-state index is -4.83. The average Bonchev–Trinajstić information content (AvgIpc) is 2.97. The summed E-state index contributed by atoms with van der Waals surface area (Å²) in [4.78, 5) is 32.2. The van der Waals surface area contributed by atoms with Crippen molar-refractivity contribution in [1.29, 1.82) is 0 Å². The molecule has 0 aliphatic carbocycles. The number of fused-ring (bicyclic) bond motifs is 3. The summed E-state index contributed by atoms with van der Waals surface area (Å²) < 4.78 is 55.1. The number of rotatable bonds is 5. The lowest BCUT2D eigenvalue weighted by Crippen LogP contribution is -2.48. The maximum Gasteiger partial charge on any atom is 0.573 e. The van der Waals surface area contributed by atoms with Crippen molar-refractivity contribution in [2.24, 2.45) is 11.8 Å². The van der Waals surface area contributed by atoms with Crippen LogP contribution in [0.3, 0.4) is 0 Å². The Morgan fingerprint density at radius 3 is 2.57 bits per heavy atom. The zero-order valence-corrected chi connectivity index (χ0v) is 23.4. The summed E-state index contributed by atoms with van der Waals surface area (Å²) in [6.07, 6.45) is 0.257. The van der Waals surface area contributed by atoms with Gasteiger partial charge >= 0.3 is 6.36 Å². The van der Waals surface area contributed by atoms with Crippen molar-refractivity contribution in [3.63, 3.8) is 0 Å². The molecule has 42 heavy (non-hydrogen) atoms. The van der Waals surface area contributed by atoms with Crippen molar-refractivity contribution in [3.05, 3.63) is 71.8 Å². The first kappa shape index (κ1) is 29.9. The number of carbonyl (C=O) groups is 2. The van der Waals surface area contributed by atoms with E-state index in [1.165, 1.54) is 12.1 Å². The van der Waals surface area contributed by atoms with Gasteiger partial charge < -0.3 is 24.0 Å². The Labute approximate surface area is 243 Å². The van der Waals surface area contributed by atoms with Gasteiger partial charge in [0.05, 0.1) is 19.8 Å². The monoisotopic (exact) mass is 587 g/mol. The van der Waals surface area contributed by atoms with E-state index in [-0.39, 0.29) is 42.5 Å². The molecule has 0 N–H and O–H groups in total. The van der Waals surface area contributed by atoms with E-state index in [1.54, 1.807) is 17.0 Å². The van der Waals surface area contributed by atoms with Crippen molar-refractivity contribution in [1.82, 2.24) is 14.7 Å². The molecule has 3 heterocycles. The lowest BCUT2D eigenvalue weighted by Gasteiger charge is -2.39. The molecule has 11 heteroatoms. The fraction of sp³-hybridized carbons (Fsp3) is 0.484. The summed E-state index contributed by atoms with van der Waals surface area (Å²) in [5.74, 6) is 0.400. The topological polar surface area (TPSA) is 71.6 Å². The molecule has 0 aromatic heterocycles. The summed E-state index contributed by atoms with van der Waals surface area (Å²) in [5, 5.41) is 0. The number of alkyl halides is 3. The predicted octanol–water partition coefficient (Wildman–Crippen LogP) is 4.25. The molecule has 3 aliphatic rings. The number of ether oxygens (including phenoxy) is 3. The number of carbonyl (C=O) groups excluding carboxylic acids is 2. The van der Waals surface area contributed by atoms with Gasteiger partial charge in [-0.2, -0.15) is 0 Å². The molecule has 226 valence electrons. The SMILES string of the molecule is O=C(C[C@@H]1CCN2C[C@@H]1C=CCOc1ccccc1CN(Cc1ccccc1OC(F)(F)F)CC2=O)N1CCOCC1. The maximum atomic E-state index is 13.7. The van der Waals surface area contributed by atoms with E-state index in [4.69, 9.17) is 9.47 Å². The van der Waals surface area contributed by atoms with Gasteiger partial charge in [0.2, 0.25) is 11.8 Å². The van der Waals surface area contributed by atoms with Crippen molar-refractivity contribution in [3.8, 4) is 11.5 Å². The summed E-state index contributed by atoms with van der Waals surface area (Å²) >= 11 is 0. The molecule has 2 amide bonds. The van der Waals surface area contributed by atoms with Crippen molar-refractivity contribution < 1.29 is 37.0 Å². The maximum absolute atomic E-state index is 13.7. The predicted molar refractivity (Wildman–Crippen MR) is 149 cm³/mol. The molecule has 0 unspecified atom stereocenters. The number of morpholine rings is 1. The Morgan fingerprint density at radius 1 is 1.00 bits per heavy atom. The van der Waals surface area contributed by atoms with E-state index < -0.39 is 6.36 Å². The van der Waals surface area contributed by atoms with E-state index in [2.05, 4.69) is 10.8 Å². The number of hydrogen-bond donors (Lipinski definition) is 0. The molecule has 8 nitrogen and oxygen atoms in total. The second-order valence-electron chi connectivity index (χ2n) is 10.9.